The van der Waals surface area contributed by atoms with Gasteiger partial charge in [0.15, 0.2) is 0 Å². The third kappa shape index (κ3) is 2.55. The third-order valence-electron chi connectivity index (χ3n) is 2.31. The van der Waals surface area contributed by atoms with E-state index in [1.54, 1.807) is 0 Å². The second-order valence-electron chi connectivity index (χ2n) is 3.46. The molecule has 1 aromatic heterocycles. The van der Waals surface area contributed by atoms with E-state index in [0.29, 0.717) is 0 Å². The summed E-state index contributed by atoms with van der Waals surface area (Å²) in [6.45, 7) is 8.23. The Balaban J connectivity index is 0.000000396. The lowest BCUT2D eigenvalue weighted by atomic mass is 10.1. The molecule has 0 spiro atoms. The summed E-state index contributed by atoms with van der Waals surface area (Å²) >= 11 is 0. The molecule has 1 aliphatic carbocycles. The fourth-order valence-corrected chi connectivity index (χ4v) is 1.53. The Morgan fingerprint density at radius 1 is 1.23 bits per heavy atom. The molecule has 0 unspecified atom stereocenters. The van der Waals surface area contributed by atoms with Crippen LogP contribution in [0.15, 0.2) is 12.3 Å². The molecule has 1 aromatic rings. The molecule has 2 rings (SSSR count). The van der Waals surface area contributed by atoms with Crippen molar-refractivity contribution in [3.05, 3.63) is 29.1 Å². The van der Waals surface area contributed by atoms with E-state index >= 15 is 0 Å². The number of hydrogen-bond acceptors (Lipinski definition) is 1. The monoisotopic (exact) mass is 177 g/mol. The Morgan fingerprint density at radius 2 is 1.85 bits per heavy atom. The van der Waals surface area contributed by atoms with Crippen LogP contribution in [-0.4, -0.2) is 4.98 Å². The first-order valence-electron chi connectivity index (χ1n) is 5.20. The van der Waals surface area contributed by atoms with Crippen molar-refractivity contribution in [1.29, 1.82) is 0 Å². The van der Waals surface area contributed by atoms with Crippen LogP contribution >= 0.6 is 0 Å². The number of hydrogen-bond donors (Lipinski definition) is 0. The van der Waals surface area contributed by atoms with Crippen molar-refractivity contribution < 1.29 is 0 Å². The van der Waals surface area contributed by atoms with Crippen molar-refractivity contribution >= 4 is 0 Å². The molecule has 0 atom stereocenters. The summed E-state index contributed by atoms with van der Waals surface area (Å²) in [6, 6.07) is 2.17. The fraction of sp³-hybridized carbons (Fsp3) is 0.583. The number of rotatable bonds is 1. The lowest BCUT2D eigenvalue weighted by Crippen LogP contribution is -1.89. The molecule has 0 saturated heterocycles. The molecule has 0 aliphatic heterocycles. The van der Waals surface area contributed by atoms with Crippen LogP contribution in [0.1, 0.15) is 49.4 Å². The molecular formula is C12H19N. The summed E-state index contributed by atoms with van der Waals surface area (Å²) < 4.78 is 0. The van der Waals surface area contributed by atoms with E-state index < -0.39 is 0 Å². The number of aryl methyl sites for hydroxylation is 2. The average molecular weight is 177 g/mol. The van der Waals surface area contributed by atoms with E-state index in [-0.39, 0.29) is 0 Å². The topological polar surface area (TPSA) is 12.9 Å². The minimum atomic E-state index is 0.836. The van der Waals surface area contributed by atoms with Gasteiger partial charge < -0.3 is 0 Å². The van der Waals surface area contributed by atoms with Crippen LogP contribution in [0.2, 0.25) is 0 Å². The zero-order valence-electron chi connectivity index (χ0n) is 9.09. The highest BCUT2D eigenvalue weighted by Gasteiger charge is 2.24. The van der Waals surface area contributed by atoms with E-state index in [9.17, 15) is 0 Å². The first kappa shape index (κ1) is 10.2. The highest BCUT2D eigenvalue weighted by Crippen LogP contribution is 2.41. The van der Waals surface area contributed by atoms with Crippen LogP contribution in [0.5, 0.6) is 0 Å². The highest BCUT2D eigenvalue weighted by atomic mass is 14.7. The maximum absolute atomic E-state index is 4.30. The molecule has 1 nitrogen and oxygen atoms in total. The van der Waals surface area contributed by atoms with Crippen molar-refractivity contribution in [1.82, 2.24) is 4.98 Å². The van der Waals surface area contributed by atoms with Gasteiger partial charge in [-0.05, 0) is 49.8 Å². The van der Waals surface area contributed by atoms with Crippen molar-refractivity contribution in [3.63, 3.8) is 0 Å². The summed E-state index contributed by atoms with van der Waals surface area (Å²) in [4.78, 5) is 4.30. The molecule has 0 aromatic carbocycles. The molecule has 0 amide bonds. The van der Waals surface area contributed by atoms with Gasteiger partial charge in [0.2, 0.25) is 0 Å². The molecule has 1 saturated carbocycles. The maximum Gasteiger partial charge on any atom is 0.0375 e. The van der Waals surface area contributed by atoms with E-state index in [1.165, 1.54) is 24.0 Å². The third-order valence-corrected chi connectivity index (χ3v) is 2.31. The van der Waals surface area contributed by atoms with Crippen LogP contribution in [0, 0.1) is 13.8 Å². The smallest absolute Gasteiger partial charge is 0.0375 e. The molecule has 72 valence electrons. The standard InChI is InChI=1S/C10H13N.C2H6/c1-7-5-8(2)11-6-10(7)9-3-4-9;1-2/h5-6,9H,3-4H2,1-2H3;1-2H3. The van der Waals surface area contributed by atoms with E-state index in [1.807, 2.05) is 27.0 Å². The molecule has 1 heteroatoms. The Kier molecular flexibility index (Phi) is 3.47. The number of pyridine rings is 1. The van der Waals surface area contributed by atoms with E-state index in [0.717, 1.165) is 11.6 Å². The molecule has 0 radical (unpaired) electrons. The van der Waals surface area contributed by atoms with Gasteiger partial charge in [0.25, 0.3) is 0 Å². The summed E-state index contributed by atoms with van der Waals surface area (Å²) in [5.74, 6) is 0.836. The zero-order chi connectivity index (χ0) is 9.84. The average Bonchev–Trinajstić information content (AvgIpc) is 2.91. The van der Waals surface area contributed by atoms with Crippen LogP contribution < -0.4 is 0 Å². The van der Waals surface area contributed by atoms with Crippen LogP contribution in [-0.2, 0) is 0 Å². The van der Waals surface area contributed by atoms with E-state index in [4.69, 9.17) is 0 Å². The maximum atomic E-state index is 4.30. The molecular weight excluding hydrogens is 158 g/mol. The first-order chi connectivity index (χ1) is 6.27. The van der Waals surface area contributed by atoms with Gasteiger partial charge in [-0.25, -0.2) is 0 Å². The predicted molar refractivity (Wildman–Crippen MR) is 57.0 cm³/mol. The minimum absolute atomic E-state index is 0.836. The van der Waals surface area contributed by atoms with Crippen LogP contribution in [0.25, 0.3) is 0 Å². The Bertz CT molecular complexity index is 274. The second-order valence-corrected chi connectivity index (χ2v) is 3.46. The first-order valence-corrected chi connectivity index (χ1v) is 5.20. The Hall–Kier alpha value is -0.850. The summed E-state index contributed by atoms with van der Waals surface area (Å²) in [6.07, 6.45) is 4.78. The minimum Gasteiger partial charge on any atom is -0.261 e. The van der Waals surface area contributed by atoms with Crippen molar-refractivity contribution in [2.75, 3.05) is 0 Å². The van der Waals surface area contributed by atoms with Gasteiger partial charge in [0.1, 0.15) is 0 Å². The molecule has 0 N–H and O–H groups in total. The van der Waals surface area contributed by atoms with Crippen LogP contribution in [0.3, 0.4) is 0 Å². The highest BCUT2D eigenvalue weighted by molar-refractivity contribution is 5.30. The van der Waals surface area contributed by atoms with Gasteiger partial charge in [-0.15, -0.1) is 0 Å². The normalized spacial score (nSPS) is 14.8. The van der Waals surface area contributed by atoms with Gasteiger partial charge in [-0.2, -0.15) is 0 Å². The number of aromatic nitrogens is 1. The van der Waals surface area contributed by atoms with E-state index in [2.05, 4.69) is 18.0 Å². The summed E-state index contributed by atoms with van der Waals surface area (Å²) in [5.41, 5.74) is 4.02. The lowest BCUT2D eigenvalue weighted by Gasteiger charge is -2.02. The van der Waals surface area contributed by atoms with Gasteiger partial charge in [-0.1, -0.05) is 13.8 Å². The van der Waals surface area contributed by atoms with Gasteiger partial charge >= 0.3 is 0 Å². The van der Waals surface area contributed by atoms with Gasteiger partial charge in [0.05, 0.1) is 0 Å². The SMILES string of the molecule is CC.Cc1cc(C)c(C2CC2)cn1. The Morgan fingerprint density at radius 3 is 2.31 bits per heavy atom. The van der Waals surface area contributed by atoms with Crippen molar-refractivity contribution in [2.24, 2.45) is 0 Å². The van der Waals surface area contributed by atoms with Gasteiger partial charge in [0, 0.05) is 11.9 Å². The summed E-state index contributed by atoms with van der Waals surface area (Å²) in [7, 11) is 0. The quantitative estimate of drug-likeness (QED) is 0.638. The molecule has 1 heterocycles. The molecule has 1 aliphatic rings. The van der Waals surface area contributed by atoms with Crippen molar-refractivity contribution in [2.45, 2.75) is 46.5 Å². The second kappa shape index (κ2) is 4.40. The fourth-order valence-electron chi connectivity index (χ4n) is 1.53. The Labute approximate surface area is 81.2 Å². The largest absolute Gasteiger partial charge is 0.261 e. The number of nitrogens with zero attached hydrogens (tertiary/aromatic N) is 1. The predicted octanol–water partition coefficient (Wildman–Crippen LogP) is 3.60. The molecule has 1 fully saturated rings. The van der Waals surface area contributed by atoms with Crippen LogP contribution in [0.4, 0.5) is 0 Å². The molecule has 13 heavy (non-hydrogen) atoms. The summed E-state index contributed by atoms with van der Waals surface area (Å²) in [5, 5.41) is 0. The molecule has 0 bridgehead atoms. The van der Waals surface area contributed by atoms with Crippen molar-refractivity contribution in [3.8, 4) is 0 Å². The zero-order valence-corrected chi connectivity index (χ0v) is 9.09. The van der Waals surface area contributed by atoms with Gasteiger partial charge in [-0.3, -0.25) is 4.98 Å². The lowest BCUT2D eigenvalue weighted by molar-refractivity contribution is 1.04.